The van der Waals surface area contributed by atoms with Crippen molar-refractivity contribution in [2.75, 3.05) is 12.4 Å². The maximum absolute atomic E-state index is 12.5. The van der Waals surface area contributed by atoms with Crippen molar-refractivity contribution in [3.8, 4) is 10.6 Å². The zero-order chi connectivity index (χ0) is 17.3. The molecule has 0 fully saturated rings. The lowest BCUT2D eigenvalue weighted by Gasteiger charge is -2.02. The second-order valence-corrected chi connectivity index (χ2v) is 6.16. The van der Waals surface area contributed by atoms with Gasteiger partial charge in [-0.15, -0.1) is 11.3 Å². The van der Waals surface area contributed by atoms with Crippen LogP contribution in [0.15, 0.2) is 23.6 Å². The van der Waals surface area contributed by atoms with Gasteiger partial charge in [0.05, 0.1) is 23.2 Å². The fourth-order valence-electron chi connectivity index (χ4n) is 2.51. The molecule has 0 aliphatic carbocycles. The van der Waals surface area contributed by atoms with Gasteiger partial charge in [-0.3, -0.25) is 9.89 Å². The molecule has 0 radical (unpaired) electrons. The van der Waals surface area contributed by atoms with Gasteiger partial charge >= 0.3 is 5.97 Å². The minimum Gasteiger partial charge on any atom is -0.465 e. The monoisotopic (exact) mass is 344 g/mol. The molecule has 1 amide bonds. The Morgan fingerprint density at radius 3 is 2.79 bits per heavy atom. The van der Waals surface area contributed by atoms with Gasteiger partial charge < -0.3 is 15.0 Å². The van der Waals surface area contributed by atoms with Crippen LogP contribution in [0, 0.1) is 13.8 Å². The van der Waals surface area contributed by atoms with Gasteiger partial charge in [0.1, 0.15) is 5.69 Å². The van der Waals surface area contributed by atoms with E-state index in [1.807, 2.05) is 17.5 Å². The van der Waals surface area contributed by atoms with Crippen LogP contribution in [-0.4, -0.2) is 34.2 Å². The first-order valence-electron chi connectivity index (χ1n) is 7.19. The average Bonchev–Trinajstić information content (AvgIpc) is 3.27. The third kappa shape index (κ3) is 2.83. The zero-order valence-corrected chi connectivity index (χ0v) is 14.2. The highest BCUT2D eigenvalue weighted by Gasteiger charge is 2.23. The van der Waals surface area contributed by atoms with Crippen LogP contribution in [0.2, 0.25) is 0 Å². The van der Waals surface area contributed by atoms with Gasteiger partial charge in [-0.2, -0.15) is 5.10 Å². The van der Waals surface area contributed by atoms with Gasteiger partial charge in [-0.1, -0.05) is 6.07 Å². The number of nitrogens with zero attached hydrogens (tertiary/aromatic N) is 1. The number of aryl methyl sites for hydroxylation is 1. The largest absolute Gasteiger partial charge is 0.465 e. The van der Waals surface area contributed by atoms with Gasteiger partial charge in [-0.05, 0) is 30.9 Å². The second kappa shape index (κ2) is 6.32. The SMILES string of the molecule is COC(=O)c1c(C)[nH]c(C(=O)Nc2cc(-c3cccs3)[nH]n2)c1C. The highest BCUT2D eigenvalue weighted by molar-refractivity contribution is 7.13. The number of hydrogen-bond donors (Lipinski definition) is 3. The van der Waals surface area contributed by atoms with E-state index in [1.54, 1.807) is 31.3 Å². The molecule has 124 valence electrons. The van der Waals surface area contributed by atoms with Crippen LogP contribution >= 0.6 is 11.3 Å². The van der Waals surface area contributed by atoms with Gasteiger partial charge in [0.15, 0.2) is 5.82 Å². The predicted octanol–water partition coefficient (Wildman–Crippen LogP) is 3.12. The number of ether oxygens (including phenoxy) is 1. The number of esters is 1. The number of carbonyl (C=O) groups excluding carboxylic acids is 2. The van der Waals surface area contributed by atoms with E-state index in [9.17, 15) is 9.59 Å². The smallest absolute Gasteiger partial charge is 0.339 e. The molecule has 0 bridgehead atoms. The highest BCUT2D eigenvalue weighted by Crippen LogP contribution is 2.25. The summed E-state index contributed by atoms with van der Waals surface area (Å²) in [5.41, 5.74) is 2.66. The molecule has 24 heavy (non-hydrogen) atoms. The predicted molar refractivity (Wildman–Crippen MR) is 91.5 cm³/mol. The van der Waals surface area contributed by atoms with Crippen LogP contribution < -0.4 is 5.32 Å². The van der Waals surface area contributed by atoms with E-state index in [0.717, 1.165) is 10.6 Å². The van der Waals surface area contributed by atoms with Crippen LogP contribution in [-0.2, 0) is 4.74 Å². The molecule has 0 aliphatic heterocycles. The molecule has 3 N–H and O–H groups in total. The third-order valence-electron chi connectivity index (χ3n) is 3.66. The molecule has 0 saturated heterocycles. The number of thiophene rings is 1. The number of amides is 1. The summed E-state index contributed by atoms with van der Waals surface area (Å²) < 4.78 is 4.75. The first-order valence-corrected chi connectivity index (χ1v) is 8.07. The zero-order valence-electron chi connectivity index (χ0n) is 13.4. The van der Waals surface area contributed by atoms with Crippen molar-refractivity contribution in [1.29, 1.82) is 0 Å². The quantitative estimate of drug-likeness (QED) is 0.633. The Kier molecular flexibility index (Phi) is 4.22. The van der Waals surface area contributed by atoms with Crippen molar-refractivity contribution in [1.82, 2.24) is 15.2 Å². The topological polar surface area (TPSA) is 99.9 Å². The minimum absolute atomic E-state index is 0.313. The van der Waals surface area contributed by atoms with Crippen LogP contribution in [0.1, 0.15) is 32.1 Å². The van der Waals surface area contributed by atoms with Crippen molar-refractivity contribution >= 4 is 29.0 Å². The van der Waals surface area contributed by atoms with Gasteiger partial charge in [0.2, 0.25) is 0 Å². The number of anilines is 1. The van der Waals surface area contributed by atoms with Crippen LogP contribution in [0.3, 0.4) is 0 Å². The van der Waals surface area contributed by atoms with E-state index in [-0.39, 0.29) is 5.91 Å². The second-order valence-electron chi connectivity index (χ2n) is 5.21. The number of rotatable bonds is 4. The van der Waals surface area contributed by atoms with Gasteiger partial charge in [0, 0.05) is 11.8 Å². The number of carbonyl (C=O) groups is 2. The summed E-state index contributed by atoms with van der Waals surface area (Å²) >= 11 is 1.58. The standard InChI is InChI=1S/C16H16N4O3S/c1-8-13(16(22)23-3)9(2)17-14(8)15(21)18-12-7-10(19-20-12)11-5-4-6-24-11/h4-7,17H,1-3H3,(H2,18,19,20,21). The molecule has 0 unspecified atom stereocenters. The number of hydrogen-bond acceptors (Lipinski definition) is 5. The first kappa shape index (κ1) is 16.0. The summed E-state index contributed by atoms with van der Waals surface area (Å²) in [5, 5.41) is 11.7. The molecule has 0 atom stereocenters. The summed E-state index contributed by atoms with van der Waals surface area (Å²) in [6, 6.07) is 5.67. The first-order chi connectivity index (χ1) is 11.5. The molecular formula is C16H16N4O3S. The maximum atomic E-state index is 12.5. The molecule has 8 heteroatoms. The van der Waals surface area contributed by atoms with Gasteiger partial charge in [-0.25, -0.2) is 4.79 Å². The molecule has 0 aromatic carbocycles. The number of nitrogens with one attached hydrogen (secondary N) is 3. The lowest BCUT2D eigenvalue weighted by atomic mass is 10.1. The Balaban J connectivity index is 1.82. The molecule has 3 rings (SSSR count). The fraction of sp³-hybridized carbons (Fsp3) is 0.188. The molecule has 7 nitrogen and oxygen atoms in total. The number of H-pyrrole nitrogens is 2. The summed E-state index contributed by atoms with van der Waals surface area (Å²) in [7, 11) is 1.31. The third-order valence-corrected chi connectivity index (χ3v) is 4.56. The average molecular weight is 344 g/mol. The summed E-state index contributed by atoms with van der Waals surface area (Å²) in [6.07, 6.45) is 0. The molecule has 3 aromatic heterocycles. The highest BCUT2D eigenvalue weighted by atomic mass is 32.1. The summed E-state index contributed by atoms with van der Waals surface area (Å²) in [5.74, 6) is -0.426. The summed E-state index contributed by atoms with van der Waals surface area (Å²) in [4.78, 5) is 28.2. The van der Waals surface area contributed by atoms with Crippen LogP contribution in [0.4, 0.5) is 5.82 Å². The van der Waals surface area contributed by atoms with Crippen molar-refractivity contribution in [2.24, 2.45) is 0 Å². The fourth-order valence-corrected chi connectivity index (χ4v) is 3.20. The maximum Gasteiger partial charge on any atom is 0.339 e. The molecule has 0 saturated carbocycles. The molecule has 3 heterocycles. The Morgan fingerprint density at radius 1 is 1.33 bits per heavy atom. The lowest BCUT2D eigenvalue weighted by Crippen LogP contribution is -2.14. The van der Waals surface area contributed by atoms with Crippen molar-refractivity contribution < 1.29 is 14.3 Å². The van der Waals surface area contributed by atoms with E-state index in [4.69, 9.17) is 4.74 Å². The van der Waals surface area contributed by atoms with E-state index < -0.39 is 5.97 Å². The van der Waals surface area contributed by atoms with E-state index in [2.05, 4.69) is 20.5 Å². The van der Waals surface area contributed by atoms with E-state index >= 15 is 0 Å². The van der Waals surface area contributed by atoms with Crippen molar-refractivity contribution in [3.63, 3.8) is 0 Å². The molecule has 0 spiro atoms. The number of aromatic nitrogens is 3. The normalized spacial score (nSPS) is 10.6. The Labute approximate surface area is 142 Å². The summed E-state index contributed by atoms with van der Waals surface area (Å²) in [6.45, 7) is 3.42. The Morgan fingerprint density at radius 2 is 2.12 bits per heavy atom. The lowest BCUT2D eigenvalue weighted by molar-refractivity contribution is 0.0599. The Bertz CT molecular complexity index is 893. The number of methoxy groups -OCH3 is 1. The van der Waals surface area contributed by atoms with Crippen molar-refractivity contribution in [2.45, 2.75) is 13.8 Å². The minimum atomic E-state index is -0.472. The Hall–Kier alpha value is -2.87. The molecule has 0 aliphatic rings. The van der Waals surface area contributed by atoms with E-state index in [0.29, 0.717) is 28.3 Å². The molecular weight excluding hydrogens is 328 g/mol. The van der Waals surface area contributed by atoms with Gasteiger partial charge in [0.25, 0.3) is 5.91 Å². The van der Waals surface area contributed by atoms with Crippen LogP contribution in [0.5, 0.6) is 0 Å². The van der Waals surface area contributed by atoms with E-state index in [1.165, 1.54) is 7.11 Å². The van der Waals surface area contributed by atoms with Crippen LogP contribution in [0.25, 0.3) is 10.6 Å². The number of aromatic amines is 2. The molecule has 3 aromatic rings. The van der Waals surface area contributed by atoms with Crippen molar-refractivity contribution in [3.05, 3.63) is 46.1 Å².